The molecule has 0 N–H and O–H groups in total. The second-order valence-corrected chi connectivity index (χ2v) is 6.22. The third kappa shape index (κ3) is 2.31. The van der Waals surface area contributed by atoms with Gasteiger partial charge in [-0.1, -0.05) is 30.3 Å². The Hall–Kier alpha value is -2.16. The first-order valence-corrected chi connectivity index (χ1v) is 7.89. The first kappa shape index (κ1) is 13.5. The summed E-state index contributed by atoms with van der Waals surface area (Å²) < 4.78 is 13.0. The van der Waals surface area contributed by atoms with Crippen molar-refractivity contribution >= 4 is 11.6 Å². The van der Waals surface area contributed by atoms with Crippen LogP contribution in [0, 0.1) is 11.7 Å². The number of rotatable bonds is 2. The van der Waals surface area contributed by atoms with Crippen LogP contribution in [0.4, 0.5) is 10.1 Å². The van der Waals surface area contributed by atoms with E-state index >= 15 is 0 Å². The van der Waals surface area contributed by atoms with Gasteiger partial charge in [-0.3, -0.25) is 4.79 Å². The highest BCUT2D eigenvalue weighted by Crippen LogP contribution is 2.49. The third-order valence-corrected chi connectivity index (χ3v) is 4.78. The summed E-state index contributed by atoms with van der Waals surface area (Å²) in [6.45, 7) is 0.808. The second kappa shape index (κ2) is 5.24. The number of benzene rings is 2. The molecule has 2 unspecified atom stereocenters. The molecule has 2 aromatic carbocycles. The highest BCUT2D eigenvalue weighted by atomic mass is 19.1. The standard InChI is InChI=1S/C19H18FNO/c20-15-9-7-13(8-10-15)16-12-17(16)19(22)21-11-3-5-14-4-1-2-6-18(14)21/h1-2,4,6-10,16-17H,3,5,11-12H2. The van der Waals surface area contributed by atoms with Crippen molar-refractivity contribution in [1.82, 2.24) is 0 Å². The highest BCUT2D eigenvalue weighted by Gasteiger charge is 2.46. The third-order valence-electron chi connectivity index (χ3n) is 4.78. The van der Waals surface area contributed by atoms with Gasteiger partial charge in [-0.2, -0.15) is 0 Å². The Morgan fingerprint density at radius 1 is 1.09 bits per heavy atom. The quantitative estimate of drug-likeness (QED) is 0.822. The van der Waals surface area contributed by atoms with Gasteiger partial charge in [0.05, 0.1) is 0 Å². The van der Waals surface area contributed by atoms with Crippen LogP contribution in [0.25, 0.3) is 0 Å². The molecule has 4 rings (SSSR count). The molecule has 2 aromatic rings. The smallest absolute Gasteiger partial charge is 0.230 e. The largest absolute Gasteiger partial charge is 0.312 e. The van der Waals surface area contributed by atoms with Gasteiger partial charge in [0.1, 0.15) is 5.82 Å². The van der Waals surface area contributed by atoms with Crippen LogP contribution >= 0.6 is 0 Å². The predicted molar refractivity (Wildman–Crippen MR) is 84.4 cm³/mol. The van der Waals surface area contributed by atoms with Crippen molar-refractivity contribution < 1.29 is 9.18 Å². The first-order valence-electron chi connectivity index (χ1n) is 7.89. The Bertz CT molecular complexity index is 710. The SMILES string of the molecule is O=C(C1CC1c1ccc(F)cc1)N1CCCc2ccccc21. The lowest BCUT2D eigenvalue weighted by molar-refractivity contribution is -0.120. The molecule has 1 heterocycles. The molecule has 2 atom stereocenters. The van der Waals surface area contributed by atoms with Gasteiger partial charge >= 0.3 is 0 Å². The molecular formula is C19H18FNO. The summed E-state index contributed by atoms with van der Waals surface area (Å²) in [5.74, 6) is 0.303. The number of halogens is 1. The van der Waals surface area contributed by atoms with Crippen molar-refractivity contribution in [3.8, 4) is 0 Å². The zero-order valence-corrected chi connectivity index (χ0v) is 12.3. The van der Waals surface area contributed by atoms with Crippen LogP contribution in [-0.2, 0) is 11.2 Å². The van der Waals surface area contributed by atoms with Crippen LogP contribution in [0.2, 0.25) is 0 Å². The van der Waals surface area contributed by atoms with Crippen LogP contribution < -0.4 is 4.90 Å². The summed E-state index contributed by atoms with van der Waals surface area (Å²) in [4.78, 5) is 14.8. The second-order valence-electron chi connectivity index (χ2n) is 6.22. The van der Waals surface area contributed by atoms with Crippen LogP contribution in [0.15, 0.2) is 48.5 Å². The van der Waals surface area contributed by atoms with Crippen LogP contribution in [0.5, 0.6) is 0 Å². The number of carbonyl (C=O) groups excluding carboxylic acids is 1. The van der Waals surface area contributed by atoms with Gasteiger partial charge in [0.15, 0.2) is 0 Å². The number of para-hydroxylation sites is 1. The van der Waals surface area contributed by atoms with Crippen molar-refractivity contribution in [2.45, 2.75) is 25.2 Å². The number of fused-ring (bicyclic) bond motifs is 1. The summed E-state index contributed by atoms with van der Waals surface area (Å²) in [6, 6.07) is 14.7. The van der Waals surface area contributed by atoms with Crippen molar-refractivity contribution in [2.75, 3.05) is 11.4 Å². The van der Waals surface area contributed by atoms with E-state index in [2.05, 4.69) is 6.07 Å². The molecule has 1 fully saturated rings. The summed E-state index contributed by atoms with van der Waals surface area (Å²) in [7, 11) is 0. The van der Waals surface area contributed by atoms with Crippen LogP contribution in [-0.4, -0.2) is 12.5 Å². The van der Waals surface area contributed by atoms with Crippen molar-refractivity contribution in [2.24, 2.45) is 5.92 Å². The van der Waals surface area contributed by atoms with E-state index in [9.17, 15) is 9.18 Å². The average molecular weight is 295 g/mol. The van der Waals surface area contributed by atoms with Gasteiger partial charge < -0.3 is 4.90 Å². The zero-order chi connectivity index (χ0) is 15.1. The summed E-state index contributed by atoms with van der Waals surface area (Å²) >= 11 is 0. The van der Waals surface area contributed by atoms with Gasteiger partial charge in [-0.05, 0) is 54.5 Å². The van der Waals surface area contributed by atoms with E-state index in [1.165, 1.54) is 17.7 Å². The maximum absolute atomic E-state index is 13.0. The fourth-order valence-electron chi connectivity index (χ4n) is 3.51. The lowest BCUT2D eigenvalue weighted by atomic mass is 10.0. The topological polar surface area (TPSA) is 20.3 Å². The maximum atomic E-state index is 13.0. The molecule has 1 aliphatic heterocycles. The van der Waals surface area contributed by atoms with E-state index in [0.717, 1.165) is 37.1 Å². The van der Waals surface area contributed by atoms with E-state index in [1.807, 2.05) is 23.1 Å². The normalized spacial score (nSPS) is 23.0. The van der Waals surface area contributed by atoms with Crippen molar-refractivity contribution in [3.05, 3.63) is 65.5 Å². The lowest BCUT2D eigenvalue weighted by Gasteiger charge is -2.29. The molecule has 1 saturated carbocycles. The Morgan fingerprint density at radius 3 is 2.68 bits per heavy atom. The average Bonchev–Trinajstić information content (AvgIpc) is 3.35. The summed E-state index contributed by atoms with van der Waals surface area (Å²) in [5, 5.41) is 0. The number of amides is 1. The minimum Gasteiger partial charge on any atom is -0.312 e. The molecule has 0 bridgehead atoms. The Labute approximate surface area is 129 Å². The molecule has 112 valence electrons. The number of anilines is 1. The monoisotopic (exact) mass is 295 g/mol. The predicted octanol–water partition coefficient (Wildman–Crippen LogP) is 3.91. The number of nitrogens with zero attached hydrogens (tertiary/aromatic N) is 1. The van der Waals surface area contributed by atoms with Crippen LogP contribution in [0.3, 0.4) is 0 Å². The Balaban J connectivity index is 1.53. The molecule has 2 aliphatic rings. The molecule has 0 aromatic heterocycles. The van der Waals surface area contributed by atoms with E-state index in [-0.39, 0.29) is 23.6 Å². The maximum Gasteiger partial charge on any atom is 0.230 e. The number of hydrogen-bond acceptors (Lipinski definition) is 1. The molecule has 0 radical (unpaired) electrons. The zero-order valence-electron chi connectivity index (χ0n) is 12.3. The van der Waals surface area contributed by atoms with Gasteiger partial charge in [-0.15, -0.1) is 0 Å². The summed E-state index contributed by atoms with van der Waals surface area (Å²) in [6.07, 6.45) is 2.95. The number of aryl methyl sites for hydroxylation is 1. The molecule has 0 spiro atoms. The first-order chi connectivity index (χ1) is 10.7. The fraction of sp³-hybridized carbons (Fsp3) is 0.316. The van der Waals surface area contributed by atoms with Gasteiger partial charge in [0.25, 0.3) is 0 Å². The van der Waals surface area contributed by atoms with E-state index in [0.29, 0.717) is 0 Å². The molecule has 1 amide bonds. The number of carbonyl (C=O) groups is 1. The van der Waals surface area contributed by atoms with Crippen molar-refractivity contribution in [1.29, 1.82) is 0 Å². The van der Waals surface area contributed by atoms with E-state index < -0.39 is 0 Å². The minimum absolute atomic E-state index is 0.0524. The highest BCUT2D eigenvalue weighted by molar-refractivity contribution is 5.98. The molecule has 3 heteroatoms. The van der Waals surface area contributed by atoms with Crippen LogP contribution in [0.1, 0.15) is 29.9 Å². The molecular weight excluding hydrogens is 277 g/mol. The molecule has 2 nitrogen and oxygen atoms in total. The molecule has 1 aliphatic carbocycles. The molecule has 0 saturated heterocycles. The fourth-order valence-corrected chi connectivity index (χ4v) is 3.51. The number of hydrogen-bond donors (Lipinski definition) is 0. The van der Waals surface area contributed by atoms with Crippen molar-refractivity contribution in [3.63, 3.8) is 0 Å². The Morgan fingerprint density at radius 2 is 1.86 bits per heavy atom. The Kier molecular flexibility index (Phi) is 3.21. The molecule has 22 heavy (non-hydrogen) atoms. The minimum atomic E-state index is -0.225. The lowest BCUT2D eigenvalue weighted by Crippen LogP contribution is -2.36. The van der Waals surface area contributed by atoms with E-state index in [1.54, 1.807) is 12.1 Å². The van der Waals surface area contributed by atoms with E-state index in [4.69, 9.17) is 0 Å². The van der Waals surface area contributed by atoms with Gasteiger partial charge in [0.2, 0.25) is 5.91 Å². The van der Waals surface area contributed by atoms with Gasteiger partial charge in [-0.25, -0.2) is 4.39 Å². The van der Waals surface area contributed by atoms with Gasteiger partial charge in [0, 0.05) is 18.2 Å². The summed E-state index contributed by atoms with van der Waals surface area (Å²) in [5.41, 5.74) is 3.41.